The highest BCUT2D eigenvalue weighted by molar-refractivity contribution is 5.99. The number of aliphatic hydroxyl groups is 1. The molecule has 0 bridgehead atoms. The molecule has 5 heteroatoms. The Bertz CT molecular complexity index is 945. The molecule has 0 radical (unpaired) electrons. The highest BCUT2D eigenvalue weighted by atomic mass is 16.3. The van der Waals surface area contributed by atoms with Gasteiger partial charge in [-0.25, -0.2) is 4.98 Å². The second-order valence-corrected chi connectivity index (χ2v) is 7.41. The summed E-state index contributed by atoms with van der Waals surface area (Å²) < 4.78 is 0. The Morgan fingerprint density at radius 3 is 2.62 bits per heavy atom. The van der Waals surface area contributed by atoms with Crippen LogP contribution in [0.1, 0.15) is 48.3 Å². The lowest BCUT2D eigenvalue weighted by atomic mass is 9.80. The van der Waals surface area contributed by atoms with Gasteiger partial charge in [-0.15, -0.1) is 0 Å². The zero-order valence-corrected chi connectivity index (χ0v) is 15.0. The first-order valence-electron chi connectivity index (χ1n) is 9.05. The highest BCUT2D eigenvalue weighted by Gasteiger charge is 2.36. The second kappa shape index (κ2) is 6.25. The van der Waals surface area contributed by atoms with Crippen molar-refractivity contribution in [1.29, 1.82) is 0 Å². The number of nitrogens with zero attached hydrogens (tertiary/aromatic N) is 1. The topological polar surface area (TPSA) is 78.0 Å². The molecule has 134 valence electrons. The maximum Gasteiger partial charge on any atom is 0.251 e. The number of hydrogen-bond donors (Lipinski definition) is 3. The van der Waals surface area contributed by atoms with E-state index in [1.165, 1.54) is 0 Å². The number of hydrogen-bond acceptors (Lipinski definition) is 3. The van der Waals surface area contributed by atoms with Gasteiger partial charge in [0.25, 0.3) is 5.91 Å². The second-order valence-electron chi connectivity index (χ2n) is 7.41. The Balaban J connectivity index is 1.72. The van der Waals surface area contributed by atoms with Gasteiger partial charge < -0.3 is 15.4 Å². The molecule has 1 unspecified atom stereocenters. The summed E-state index contributed by atoms with van der Waals surface area (Å²) in [5.74, 6) is -0.0568. The minimum absolute atomic E-state index is 0.0189. The van der Waals surface area contributed by atoms with Gasteiger partial charge in [-0.05, 0) is 53.3 Å². The van der Waals surface area contributed by atoms with Crippen LogP contribution in [0.25, 0.3) is 10.8 Å². The van der Waals surface area contributed by atoms with E-state index in [-0.39, 0.29) is 11.8 Å². The van der Waals surface area contributed by atoms with Crippen molar-refractivity contribution in [2.75, 3.05) is 0 Å². The molecule has 2 aromatic carbocycles. The summed E-state index contributed by atoms with van der Waals surface area (Å²) in [5.41, 5.74) is 1.00. The van der Waals surface area contributed by atoms with E-state index in [9.17, 15) is 9.90 Å². The van der Waals surface area contributed by atoms with Crippen LogP contribution in [-0.2, 0) is 5.60 Å². The lowest BCUT2D eigenvalue weighted by molar-refractivity contribution is 0.0280. The van der Waals surface area contributed by atoms with Gasteiger partial charge in [0, 0.05) is 11.6 Å². The first kappa shape index (κ1) is 16.8. The van der Waals surface area contributed by atoms with Crippen molar-refractivity contribution < 1.29 is 9.90 Å². The summed E-state index contributed by atoms with van der Waals surface area (Å²) in [6.45, 7) is 3.96. The third-order valence-electron chi connectivity index (χ3n) is 5.20. The molecule has 0 saturated heterocycles. The summed E-state index contributed by atoms with van der Waals surface area (Å²) >= 11 is 0. The Hall–Kier alpha value is -2.66. The quantitative estimate of drug-likeness (QED) is 0.661. The lowest BCUT2D eigenvalue weighted by Gasteiger charge is -2.32. The molecule has 26 heavy (non-hydrogen) atoms. The predicted molar refractivity (Wildman–Crippen MR) is 101 cm³/mol. The molecular weight excluding hydrogens is 326 g/mol. The zero-order valence-electron chi connectivity index (χ0n) is 15.0. The molecule has 3 aromatic rings. The fraction of sp³-hybridized carbons (Fsp3) is 0.333. The third kappa shape index (κ3) is 2.88. The molecule has 1 atom stereocenters. The van der Waals surface area contributed by atoms with Crippen molar-refractivity contribution in [3.8, 4) is 0 Å². The molecule has 1 aliphatic carbocycles. The minimum atomic E-state index is -1.15. The van der Waals surface area contributed by atoms with Crippen LogP contribution in [-0.4, -0.2) is 27.0 Å². The molecule has 0 spiro atoms. The van der Waals surface area contributed by atoms with Crippen molar-refractivity contribution >= 4 is 16.7 Å². The number of fused-ring (bicyclic) bond motifs is 1. The monoisotopic (exact) mass is 349 g/mol. The number of imidazole rings is 1. The van der Waals surface area contributed by atoms with Crippen LogP contribution < -0.4 is 5.32 Å². The van der Waals surface area contributed by atoms with Gasteiger partial charge in [0.05, 0.1) is 18.2 Å². The lowest BCUT2D eigenvalue weighted by Crippen LogP contribution is -2.33. The number of H-pyrrole nitrogens is 1. The summed E-state index contributed by atoms with van der Waals surface area (Å²) in [7, 11) is 0. The number of aromatic amines is 1. The average Bonchev–Trinajstić information content (AvgIpc) is 3.28. The van der Waals surface area contributed by atoms with E-state index in [0.717, 1.165) is 29.2 Å². The van der Waals surface area contributed by atoms with Crippen LogP contribution in [0.4, 0.5) is 0 Å². The van der Waals surface area contributed by atoms with Crippen molar-refractivity contribution in [2.24, 2.45) is 5.92 Å². The Morgan fingerprint density at radius 2 is 1.96 bits per heavy atom. The van der Waals surface area contributed by atoms with Gasteiger partial charge in [-0.1, -0.05) is 32.0 Å². The largest absolute Gasteiger partial charge is 0.379 e. The Morgan fingerprint density at radius 1 is 1.23 bits per heavy atom. The van der Waals surface area contributed by atoms with E-state index in [0.29, 0.717) is 17.3 Å². The van der Waals surface area contributed by atoms with Crippen LogP contribution in [0.5, 0.6) is 0 Å². The van der Waals surface area contributed by atoms with E-state index < -0.39 is 5.60 Å². The molecular formula is C21H23N3O2. The molecule has 3 N–H and O–H groups in total. The standard InChI is InChI=1S/C21H23N3O2/c1-13(2)21(26,19-11-22-12-23-19)17-6-5-14-9-16(4-3-15(14)10-17)20(25)24-18-7-8-18/h3-6,9-13,18,26H,7-8H2,1-2H3,(H,22,23)(H,24,25). The van der Waals surface area contributed by atoms with E-state index in [4.69, 9.17) is 0 Å². The van der Waals surface area contributed by atoms with Crippen LogP contribution in [0.15, 0.2) is 48.9 Å². The van der Waals surface area contributed by atoms with Gasteiger partial charge in [0.1, 0.15) is 5.60 Å². The van der Waals surface area contributed by atoms with Crippen LogP contribution >= 0.6 is 0 Å². The van der Waals surface area contributed by atoms with E-state index in [1.807, 2.05) is 50.2 Å². The van der Waals surface area contributed by atoms with Gasteiger partial charge in [-0.3, -0.25) is 4.79 Å². The van der Waals surface area contributed by atoms with Crippen LogP contribution in [0.2, 0.25) is 0 Å². The number of nitrogens with one attached hydrogen (secondary N) is 2. The van der Waals surface area contributed by atoms with Gasteiger partial charge in [-0.2, -0.15) is 0 Å². The molecule has 0 aliphatic heterocycles. The van der Waals surface area contributed by atoms with Crippen molar-refractivity contribution in [3.05, 3.63) is 65.7 Å². The molecule has 5 nitrogen and oxygen atoms in total. The number of benzene rings is 2. The number of aromatic nitrogens is 2. The summed E-state index contributed by atoms with van der Waals surface area (Å²) in [6, 6.07) is 11.9. The molecule has 1 fully saturated rings. The molecule has 1 aromatic heterocycles. The molecule has 4 rings (SSSR count). The highest BCUT2D eigenvalue weighted by Crippen LogP contribution is 2.36. The van der Waals surface area contributed by atoms with Gasteiger partial charge in [0.2, 0.25) is 0 Å². The first-order chi connectivity index (χ1) is 12.5. The van der Waals surface area contributed by atoms with Crippen LogP contribution in [0, 0.1) is 5.92 Å². The summed E-state index contributed by atoms with van der Waals surface area (Å²) in [6.07, 6.45) is 5.39. The SMILES string of the molecule is CC(C)C(O)(c1ccc2cc(C(=O)NC3CC3)ccc2c1)c1cnc[nH]1. The maximum atomic E-state index is 12.2. The first-order valence-corrected chi connectivity index (χ1v) is 9.05. The Kier molecular flexibility index (Phi) is 4.04. The number of rotatable bonds is 5. The number of carbonyl (C=O) groups excluding carboxylic acids is 1. The predicted octanol–water partition coefficient (Wildman–Crippen LogP) is 3.35. The molecule has 1 aliphatic rings. The Labute approximate surface area is 152 Å². The van der Waals surface area contributed by atoms with Crippen molar-refractivity contribution in [2.45, 2.75) is 38.3 Å². The number of amides is 1. The average molecular weight is 349 g/mol. The fourth-order valence-electron chi connectivity index (χ4n) is 3.38. The summed E-state index contributed by atoms with van der Waals surface area (Å²) in [4.78, 5) is 19.3. The summed E-state index contributed by atoms with van der Waals surface area (Å²) in [5, 5.41) is 16.4. The van der Waals surface area contributed by atoms with Gasteiger partial charge >= 0.3 is 0 Å². The number of carbonyl (C=O) groups is 1. The maximum absolute atomic E-state index is 12.2. The van der Waals surface area contributed by atoms with E-state index >= 15 is 0 Å². The molecule has 1 saturated carbocycles. The van der Waals surface area contributed by atoms with Gasteiger partial charge in [0.15, 0.2) is 0 Å². The van der Waals surface area contributed by atoms with Crippen molar-refractivity contribution in [1.82, 2.24) is 15.3 Å². The van der Waals surface area contributed by atoms with E-state index in [1.54, 1.807) is 12.5 Å². The third-order valence-corrected chi connectivity index (χ3v) is 5.20. The normalized spacial score (nSPS) is 16.6. The smallest absolute Gasteiger partial charge is 0.251 e. The van der Waals surface area contributed by atoms with Crippen molar-refractivity contribution in [3.63, 3.8) is 0 Å². The fourth-order valence-corrected chi connectivity index (χ4v) is 3.38. The zero-order chi connectivity index (χ0) is 18.3. The van der Waals surface area contributed by atoms with Crippen LogP contribution in [0.3, 0.4) is 0 Å². The molecule has 1 heterocycles. The molecule has 1 amide bonds. The van der Waals surface area contributed by atoms with E-state index in [2.05, 4.69) is 15.3 Å². The minimum Gasteiger partial charge on any atom is -0.379 e.